The molecule has 27 heavy (non-hydrogen) atoms. The molecule has 0 bridgehead atoms. The summed E-state index contributed by atoms with van der Waals surface area (Å²) in [5.41, 5.74) is 0.543. The molecule has 0 rings (SSSR count). The summed E-state index contributed by atoms with van der Waals surface area (Å²) in [6.45, 7) is 23.5. The molecule has 0 aromatic heterocycles. The largest absolute Gasteiger partial charge is 0.463 e. The second kappa shape index (κ2) is 10.8. The van der Waals surface area contributed by atoms with Crippen LogP contribution in [-0.2, 0) is 14.0 Å². The number of carbonyl (C=O) groups is 1. The monoisotopic (exact) mass is 400 g/mol. The average Bonchev–Trinajstić information content (AvgIpc) is 2.56. The first kappa shape index (κ1) is 26.3. The highest BCUT2D eigenvalue weighted by molar-refractivity contribution is 6.74. The van der Waals surface area contributed by atoms with Gasteiger partial charge in [0, 0.05) is 17.4 Å². The quantitative estimate of drug-likeness (QED) is 0.296. The Balaban J connectivity index is 5.46. The minimum absolute atomic E-state index is 0.00959. The number of rotatable bonds is 10. The van der Waals surface area contributed by atoms with Crippen molar-refractivity contribution < 1.29 is 19.1 Å². The van der Waals surface area contributed by atoms with Crippen LogP contribution < -0.4 is 0 Å². The Morgan fingerprint density at radius 3 is 2.07 bits per heavy atom. The molecule has 0 spiro atoms. The third kappa shape index (κ3) is 7.70. The van der Waals surface area contributed by atoms with E-state index in [1.54, 1.807) is 13.8 Å². The third-order valence-corrected chi connectivity index (χ3v) is 10.6. The minimum atomic E-state index is -1.95. The summed E-state index contributed by atoms with van der Waals surface area (Å²) in [5.74, 6) is -0.152. The fourth-order valence-electron chi connectivity index (χ4n) is 2.97. The first-order chi connectivity index (χ1) is 12.2. The fourth-order valence-corrected chi connectivity index (χ4v) is 4.45. The Hall–Kier alpha value is -0.653. The van der Waals surface area contributed by atoms with Gasteiger partial charge in [-0.15, -0.1) is 0 Å². The first-order valence-corrected chi connectivity index (χ1v) is 13.3. The summed E-state index contributed by atoms with van der Waals surface area (Å²) in [4.78, 5) is 11.9. The van der Waals surface area contributed by atoms with Crippen LogP contribution in [0, 0.1) is 17.8 Å². The summed E-state index contributed by atoms with van der Waals surface area (Å²) in [6.07, 6.45) is 2.23. The first-order valence-electron chi connectivity index (χ1n) is 10.4. The van der Waals surface area contributed by atoms with Crippen LogP contribution in [0.4, 0.5) is 0 Å². The summed E-state index contributed by atoms with van der Waals surface area (Å²) in [6, 6.07) is 0. The molecule has 1 N–H and O–H groups in total. The fraction of sp³-hybridized carbons (Fsp3) is 0.864. The molecule has 4 nitrogen and oxygen atoms in total. The van der Waals surface area contributed by atoms with E-state index >= 15 is 0 Å². The van der Waals surface area contributed by atoms with Crippen molar-refractivity contribution in [3.8, 4) is 0 Å². The number of carbonyl (C=O) groups excluding carboxylic acids is 1. The molecular weight excluding hydrogens is 356 g/mol. The molecule has 0 aliphatic carbocycles. The van der Waals surface area contributed by atoms with Gasteiger partial charge < -0.3 is 14.3 Å². The topological polar surface area (TPSA) is 55.8 Å². The second-order valence-electron chi connectivity index (χ2n) is 9.51. The van der Waals surface area contributed by atoms with Gasteiger partial charge in [0.05, 0.1) is 18.8 Å². The summed E-state index contributed by atoms with van der Waals surface area (Å²) >= 11 is 0. The summed E-state index contributed by atoms with van der Waals surface area (Å²) < 4.78 is 11.8. The Morgan fingerprint density at radius 2 is 1.67 bits per heavy atom. The van der Waals surface area contributed by atoms with Crippen molar-refractivity contribution in [1.29, 1.82) is 0 Å². The highest BCUT2D eigenvalue weighted by Gasteiger charge is 2.42. The van der Waals surface area contributed by atoms with Gasteiger partial charge in [-0.25, -0.2) is 4.79 Å². The van der Waals surface area contributed by atoms with E-state index in [2.05, 4.69) is 54.6 Å². The Labute approximate surface area is 168 Å². The van der Waals surface area contributed by atoms with Crippen molar-refractivity contribution in [2.24, 2.45) is 17.8 Å². The summed E-state index contributed by atoms with van der Waals surface area (Å²) in [7, 11) is -1.95. The number of aliphatic hydroxyl groups is 1. The number of hydrogen-bond donors (Lipinski definition) is 1. The molecule has 0 heterocycles. The zero-order valence-electron chi connectivity index (χ0n) is 19.6. The van der Waals surface area contributed by atoms with E-state index in [0.717, 1.165) is 6.42 Å². The standard InChI is InChI=1S/C22H44O4Si/c1-12-15(3)20(26-27(10,11)22(7,8)9)18(6)19(23)16(4)14-17(5)21(24)25-13-2/h14-16,18-20,23H,12-13H2,1-11H3/t15-,16+,18+,19-,20+/m0/s1. The van der Waals surface area contributed by atoms with Gasteiger partial charge in [-0.2, -0.15) is 0 Å². The van der Waals surface area contributed by atoms with Crippen molar-refractivity contribution in [2.75, 3.05) is 6.61 Å². The average molecular weight is 401 g/mol. The van der Waals surface area contributed by atoms with Crippen LogP contribution in [0.3, 0.4) is 0 Å². The maximum absolute atomic E-state index is 11.9. The van der Waals surface area contributed by atoms with Gasteiger partial charge in [0.2, 0.25) is 0 Å². The van der Waals surface area contributed by atoms with Crippen molar-refractivity contribution in [2.45, 2.75) is 99.1 Å². The zero-order chi connectivity index (χ0) is 21.6. The number of aliphatic hydroxyl groups excluding tert-OH is 1. The SMILES string of the molecule is CCOC(=O)C(C)=C[C@@H](C)[C@H](O)[C@@H](C)[C@H](O[Si](C)(C)C(C)(C)C)[C@@H](C)CC. The van der Waals surface area contributed by atoms with Gasteiger partial charge in [0.15, 0.2) is 8.32 Å². The zero-order valence-corrected chi connectivity index (χ0v) is 20.6. The smallest absolute Gasteiger partial charge is 0.333 e. The maximum Gasteiger partial charge on any atom is 0.333 e. The molecule has 5 heteroatoms. The van der Waals surface area contributed by atoms with Crippen LogP contribution in [-0.4, -0.2) is 38.2 Å². The van der Waals surface area contributed by atoms with Crippen LogP contribution in [0.2, 0.25) is 18.1 Å². The van der Waals surface area contributed by atoms with Crippen molar-refractivity contribution in [1.82, 2.24) is 0 Å². The molecule has 0 saturated carbocycles. The molecule has 0 aliphatic rings. The van der Waals surface area contributed by atoms with Gasteiger partial charge in [0.25, 0.3) is 0 Å². The minimum Gasteiger partial charge on any atom is -0.463 e. The molecule has 0 saturated heterocycles. The van der Waals surface area contributed by atoms with E-state index in [9.17, 15) is 9.90 Å². The van der Waals surface area contributed by atoms with Gasteiger partial charge in [-0.3, -0.25) is 0 Å². The molecule has 5 atom stereocenters. The molecule has 0 aliphatic heterocycles. The van der Waals surface area contributed by atoms with Crippen molar-refractivity contribution in [3.05, 3.63) is 11.6 Å². The number of ether oxygens (including phenoxy) is 1. The predicted molar refractivity (Wildman–Crippen MR) is 116 cm³/mol. The second-order valence-corrected chi connectivity index (χ2v) is 14.3. The molecular formula is C22H44O4Si. The Bertz CT molecular complexity index is 493. The van der Waals surface area contributed by atoms with E-state index in [1.165, 1.54) is 0 Å². The van der Waals surface area contributed by atoms with Crippen LogP contribution in [0.15, 0.2) is 11.6 Å². The maximum atomic E-state index is 11.9. The van der Waals surface area contributed by atoms with Crippen LogP contribution in [0.1, 0.15) is 68.7 Å². The number of esters is 1. The van der Waals surface area contributed by atoms with Crippen LogP contribution in [0.5, 0.6) is 0 Å². The lowest BCUT2D eigenvalue weighted by Crippen LogP contribution is -2.49. The van der Waals surface area contributed by atoms with Gasteiger partial charge >= 0.3 is 5.97 Å². The molecule has 0 aromatic rings. The normalized spacial score (nSPS) is 19.2. The van der Waals surface area contributed by atoms with E-state index in [1.807, 2.05) is 13.0 Å². The number of hydrogen-bond acceptors (Lipinski definition) is 4. The van der Waals surface area contributed by atoms with E-state index in [0.29, 0.717) is 18.1 Å². The van der Waals surface area contributed by atoms with E-state index < -0.39 is 14.4 Å². The molecule has 0 unspecified atom stereocenters. The summed E-state index contributed by atoms with van der Waals surface area (Å²) in [5, 5.41) is 11.1. The van der Waals surface area contributed by atoms with E-state index in [4.69, 9.17) is 9.16 Å². The van der Waals surface area contributed by atoms with E-state index in [-0.39, 0.29) is 28.9 Å². The Morgan fingerprint density at radius 1 is 1.15 bits per heavy atom. The molecule has 0 radical (unpaired) electrons. The van der Waals surface area contributed by atoms with Gasteiger partial charge in [0.1, 0.15) is 0 Å². The van der Waals surface area contributed by atoms with Crippen molar-refractivity contribution in [3.63, 3.8) is 0 Å². The molecule has 0 fully saturated rings. The lowest BCUT2D eigenvalue weighted by molar-refractivity contribution is -0.138. The lowest BCUT2D eigenvalue weighted by Gasteiger charge is -2.44. The highest BCUT2D eigenvalue weighted by atomic mass is 28.4. The predicted octanol–water partition coefficient (Wildman–Crippen LogP) is 5.57. The third-order valence-electron chi connectivity index (χ3n) is 6.15. The van der Waals surface area contributed by atoms with Gasteiger partial charge in [-0.1, -0.05) is 61.0 Å². The highest BCUT2D eigenvalue weighted by Crippen LogP contribution is 2.40. The van der Waals surface area contributed by atoms with Crippen LogP contribution in [0.25, 0.3) is 0 Å². The Kier molecular flexibility index (Phi) is 10.5. The van der Waals surface area contributed by atoms with Crippen molar-refractivity contribution >= 4 is 14.3 Å². The molecule has 160 valence electrons. The molecule has 0 aromatic carbocycles. The molecule has 0 amide bonds. The lowest BCUT2D eigenvalue weighted by atomic mass is 9.83. The van der Waals surface area contributed by atoms with Gasteiger partial charge in [-0.05, 0) is 37.9 Å². The van der Waals surface area contributed by atoms with Crippen LogP contribution >= 0.6 is 0 Å².